The van der Waals surface area contributed by atoms with Crippen LogP contribution in [-0.4, -0.2) is 51.0 Å². The van der Waals surface area contributed by atoms with Crippen LogP contribution in [0.3, 0.4) is 0 Å². The summed E-state index contributed by atoms with van der Waals surface area (Å²) in [6.45, 7) is 5.04. The Morgan fingerprint density at radius 2 is 1.65 bits per heavy atom. The maximum Gasteiger partial charge on any atom is 0.116 e. The molecule has 23 heavy (non-hydrogen) atoms. The van der Waals surface area contributed by atoms with Crippen molar-refractivity contribution in [3.8, 4) is 0 Å². The normalized spacial score (nSPS) is 15.9. The summed E-state index contributed by atoms with van der Waals surface area (Å²) in [5.74, 6) is 0. The van der Waals surface area contributed by atoms with Gasteiger partial charge in [0.25, 0.3) is 0 Å². The van der Waals surface area contributed by atoms with Crippen LogP contribution < -0.4 is 4.90 Å². The molecule has 0 amide bonds. The Balaban J connectivity index is 1.42. The van der Waals surface area contributed by atoms with Crippen LogP contribution in [-0.2, 0) is 6.54 Å². The zero-order valence-corrected chi connectivity index (χ0v) is 12.8. The van der Waals surface area contributed by atoms with E-state index in [-0.39, 0.29) is 0 Å². The van der Waals surface area contributed by atoms with E-state index in [2.05, 4.69) is 47.9 Å². The molecule has 3 aromatic rings. The first-order valence-electron chi connectivity index (χ1n) is 7.79. The number of nitrogens with zero attached hydrogens (tertiary/aromatic N) is 6. The lowest BCUT2D eigenvalue weighted by atomic mass is 10.2. The third-order valence-electron chi connectivity index (χ3n) is 4.25. The molecule has 6 nitrogen and oxygen atoms in total. The fourth-order valence-corrected chi connectivity index (χ4v) is 3.00. The van der Waals surface area contributed by atoms with E-state index in [0.29, 0.717) is 0 Å². The number of hydrogen-bond acceptors (Lipinski definition) is 6. The van der Waals surface area contributed by atoms with Crippen molar-refractivity contribution in [1.82, 2.24) is 24.8 Å². The van der Waals surface area contributed by atoms with E-state index in [9.17, 15) is 0 Å². The van der Waals surface area contributed by atoms with Gasteiger partial charge in [-0.15, -0.1) is 0 Å². The van der Waals surface area contributed by atoms with Gasteiger partial charge in [0.05, 0.1) is 5.52 Å². The smallest absolute Gasteiger partial charge is 0.116 e. The fourth-order valence-electron chi connectivity index (χ4n) is 3.00. The monoisotopic (exact) mass is 306 g/mol. The minimum atomic E-state index is 0.917. The van der Waals surface area contributed by atoms with Gasteiger partial charge in [0, 0.05) is 68.0 Å². The molecule has 1 aromatic carbocycles. The molecule has 0 spiro atoms. The van der Waals surface area contributed by atoms with Gasteiger partial charge in [-0.25, -0.2) is 19.9 Å². The summed E-state index contributed by atoms with van der Waals surface area (Å²) >= 11 is 0. The molecule has 4 rings (SSSR count). The summed E-state index contributed by atoms with van der Waals surface area (Å²) in [7, 11) is 0. The van der Waals surface area contributed by atoms with Gasteiger partial charge in [-0.1, -0.05) is 0 Å². The molecule has 116 valence electrons. The highest BCUT2D eigenvalue weighted by Gasteiger charge is 2.17. The van der Waals surface area contributed by atoms with Crippen molar-refractivity contribution in [2.75, 3.05) is 31.1 Å². The van der Waals surface area contributed by atoms with E-state index < -0.39 is 0 Å². The molecule has 1 saturated heterocycles. The SMILES string of the molecule is c1ncc(CN2CCN(c3ccc4ncncc4c3)CC2)cn1. The van der Waals surface area contributed by atoms with Gasteiger partial charge < -0.3 is 4.90 Å². The molecule has 0 aliphatic carbocycles. The second-order valence-electron chi connectivity index (χ2n) is 5.78. The summed E-state index contributed by atoms with van der Waals surface area (Å²) < 4.78 is 0. The number of hydrogen-bond donors (Lipinski definition) is 0. The summed E-state index contributed by atoms with van der Waals surface area (Å²) in [5.41, 5.74) is 3.41. The Hall–Kier alpha value is -2.60. The Bertz CT molecular complexity index is 783. The van der Waals surface area contributed by atoms with Crippen molar-refractivity contribution in [3.63, 3.8) is 0 Å². The summed E-state index contributed by atoms with van der Waals surface area (Å²) in [6, 6.07) is 6.39. The number of aromatic nitrogens is 4. The second-order valence-corrected chi connectivity index (χ2v) is 5.78. The van der Waals surface area contributed by atoms with Crippen molar-refractivity contribution in [2.24, 2.45) is 0 Å². The molecule has 6 heteroatoms. The van der Waals surface area contributed by atoms with Crippen LogP contribution in [0.15, 0.2) is 49.4 Å². The Labute approximate surface area is 134 Å². The lowest BCUT2D eigenvalue weighted by Gasteiger charge is -2.36. The quantitative estimate of drug-likeness (QED) is 0.735. The molecular formula is C17H18N6. The lowest BCUT2D eigenvalue weighted by Crippen LogP contribution is -2.46. The lowest BCUT2D eigenvalue weighted by molar-refractivity contribution is 0.249. The maximum atomic E-state index is 4.28. The average Bonchev–Trinajstić information content (AvgIpc) is 2.63. The van der Waals surface area contributed by atoms with Gasteiger partial charge in [0.15, 0.2) is 0 Å². The minimum absolute atomic E-state index is 0.917. The van der Waals surface area contributed by atoms with Gasteiger partial charge >= 0.3 is 0 Å². The Morgan fingerprint density at radius 1 is 0.870 bits per heavy atom. The van der Waals surface area contributed by atoms with Crippen LogP contribution in [0.4, 0.5) is 5.69 Å². The maximum absolute atomic E-state index is 4.28. The van der Waals surface area contributed by atoms with Gasteiger partial charge in [0.1, 0.15) is 12.7 Å². The number of benzene rings is 1. The number of rotatable bonds is 3. The standard InChI is InChI=1S/C17H18N6/c1-2-17-15(10-20-13-21-17)7-16(1)23-5-3-22(4-6-23)11-14-8-18-12-19-9-14/h1-2,7-10,12-13H,3-6,11H2. The predicted octanol–water partition coefficient (Wildman–Crippen LogP) is 1.74. The molecule has 0 atom stereocenters. The van der Waals surface area contributed by atoms with Gasteiger partial charge in [0.2, 0.25) is 0 Å². The van der Waals surface area contributed by atoms with E-state index in [4.69, 9.17) is 0 Å². The van der Waals surface area contributed by atoms with E-state index in [0.717, 1.165) is 43.6 Å². The van der Waals surface area contributed by atoms with Crippen LogP contribution in [0.5, 0.6) is 0 Å². The van der Waals surface area contributed by atoms with Crippen LogP contribution in [0.1, 0.15) is 5.56 Å². The van der Waals surface area contributed by atoms with E-state index in [1.807, 2.05) is 18.6 Å². The number of anilines is 1. The third-order valence-corrected chi connectivity index (χ3v) is 4.25. The van der Waals surface area contributed by atoms with Crippen molar-refractivity contribution >= 4 is 16.6 Å². The van der Waals surface area contributed by atoms with E-state index in [1.165, 1.54) is 11.3 Å². The van der Waals surface area contributed by atoms with Crippen LogP contribution in [0, 0.1) is 0 Å². The van der Waals surface area contributed by atoms with Crippen LogP contribution >= 0.6 is 0 Å². The van der Waals surface area contributed by atoms with E-state index in [1.54, 1.807) is 12.7 Å². The van der Waals surface area contributed by atoms with Crippen molar-refractivity contribution in [1.29, 1.82) is 0 Å². The molecule has 2 aromatic heterocycles. The van der Waals surface area contributed by atoms with Crippen molar-refractivity contribution in [2.45, 2.75) is 6.54 Å². The molecule has 3 heterocycles. The largest absolute Gasteiger partial charge is 0.369 e. The van der Waals surface area contributed by atoms with Crippen LogP contribution in [0.25, 0.3) is 10.9 Å². The van der Waals surface area contributed by atoms with Gasteiger partial charge in [-0.05, 0) is 18.2 Å². The van der Waals surface area contributed by atoms with Crippen molar-refractivity contribution < 1.29 is 0 Å². The number of piperazine rings is 1. The van der Waals surface area contributed by atoms with Gasteiger partial charge in [-0.3, -0.25) is 4.90 Å². The summed E-state index contributed by atoms with van der Waals surface area (Å²) in [4.78, 5) is 21.4. The van der Waals surface area contributed by atoms with Crippen molar-refractivity contribution in [3.05, 3.63) is 55.0 Å². The predicted molar refractivity (Wildman–Crippen MR) is 89.1 cm³/mol. The van der Waals surface area contributed by atoms with Crippen LogP contribution in [0.2, 0.25) is 0 Å². The molecular weight excluding hydrogens is 288 g/mol. The second kappa shape index (κ2) is 6.26. The zero-order valence-electron chi connectivity index (χ0n) is 12.8. The Kier molecular flexibility index (Phi) is 3.81. The molecule has 1 fully saturated rings. The molecule has 0 radical (unpaired) electrons. The molecule has 0 unspecified atom stereocenters. The summed E-state index contributed by atoms with van der Waals surface area (Å²) in [6.07, 6.45) is 8.82. The highest BCUT2D eigenvalue weighted by molar-refractivity contribution is 5.81. The summed E-state index contributed by atoms with van der Waals surface area (Å²) in [5, 5.41) is 1.09. The first kappa shape index (κ1) is 14.0. The number of fused-ring (bicyclic) bond motifs is 1. The topological polar surface area (TPSA) is 58.0 Å². The van der Waals surface area contributed by atoms with Gasteiger partial charge in [-0.2, -0.15) is 0 Å². The molecule has 0 saturated carbocycles. The zero-order chi connectivity index (χ0) is 15.5. The fraction of sp³-hybridized carbons (Fsp3) is 0.294. The first-order chi connectivity index (χ1) is 11.4. The highest BCUT2D eigenvalue weighted by Crippen LogP contribution is 2.21. The molecule has 0 bridgehead atoms. The Morgan fingerprint density at radius 3 is 2.48 bits per heavy atom. The molecule has 1 aliphatic rings. The first-order valence-corrected chi connectivity index (χ1v) is 7.79. The average molecular weight is 306 g/mol. The highest BCUT2D eigenvalue weighted by atomic mass is 15.3. The third kappa shape index (κ3) is 3.12. The van der Waals surface area contributed by atoms with E-state index >= 15 is 0 Å². The molecule has 0 N–H and O–H groups in total. The minimum Gasteiger partial charge on any atom is -0.369 e. The molecule has 1 aliphatic heterocycles.